The van der Waals surface area contributed by atoms with E-state index in [-0.39, 0.29) is 0 Å². The van der Waals surface area contributed by atoms with E-state index < -0.39 is 0 Å². The van der Waals surface area contributed by atoms with Gasteiger partial charge in [-0.1, -0.05) is 140 Å². The van der Waals surface area contributed by atoms with Crippen molar-refractivity contribution in [3.05, 3.63) is 200 Å². The van der Waals surface area contributed by atoms with Crippen molar-refractivity contribution in [2.75, 3.05) is 0 Å². The molecule has 284 valence electrons. The molecular weight excluding hydrogens is 747 g/mol. The number of furan rings is 1. The third-order valence-electron chi connectivity index (χ3n) is 12.1. The maximum Gasteiger partial charge on any atom is 0.166 e. The topological polar surface area (TPSA) is 61.7 Å². The molecule has 0 amide bonds. The first-order valence-electron chi connectivity index (χ1n) is 20.5. The third kappa shape index (κ3) is 5.06. The molecule has 0 atom stereocenters. The van der Waals surface area contributed by atoms with Crippen molar-refractivity contribution in [3.8, 4) is 45.5 Å². The fourth-order valence-corrected chi connectivity index (χ4v) is 9.50. The second-order valence-corrected chi connectivity index (χ2v) is 15.6. The highest BCUT2D eigenvalue weighted by molar-refractivity contribution is 6.18. The van der Waals surface area contributed by atoms with E-state index in [4.69, 9.17) is 19.4 Å². The summed E-state index contributed by atoms with van der Waals surface area (Å²) in [5.74, 6) is 1.73. The fraction of sp³-hybridized carbons (Fsp3) is 0. The van der Waals surface area contributed by atoms with Crippen LogP contribution in [0.15, 0.2) is 205 Å². The lowest BCUT2D eigenvalue weighted by Crippen LogP contribution is -2.05. The SMILES string of the molecule is c1ccc(-c2nc(-c3c(-n4c5ccccc5c5cc6ccccc6cc54)ccc4oc5ccccc5c34)nc(-c3cccc4c5ccccc5n(-c5ccccc5)c34)n2)cc1. The van der Waals surface area contributed by atoms with Gasteiger partial charge in [-0.2, -0.15) is 0 Å². The van der Waals surface area contributed by atoms with Gasteiger partial charge in [0, 0.05) is 49.1 Å². The summed E-state index contributed by atoms with van der Waals surface area (Å²) >= 11 is 0. The zero-order valence-electron chi connectivity index (χ0n) is 32.7. The maximum absolute atomic E-state index is 6.62. The van der Waals surface area contributed by atoms with Crippen LogP contribution in [0.25, 0.3) is 122 Å². The summed E-state index contributed by atoms with van der Waals surface area (Å²) < 4.78 is 11.3. The number of hydrogen-bond acceptors (Lipinski definition) is 4. The lowest BCUT2D eigenvalue weighted by molar-refractivity contribution is 0.669. The highest BCUT2D eigenvalue weighted by Gasteiger charge is 2.26. The number of aromatic nitrogens is 5. The minimum Gasteiger partial charge on any atom is -0.456 e. The molecule has 6 heteroatoms. The molecule has 6 nitrogen and oxygen atoms in total. The van der Waals surface area contributed by atoms with Crippen molar-refractivity contribution in [1.29, 1.82) is 0 Å². The number of rotatable bonds is 5. The maximum atomic E-state index is 6.62. The van der Waals surface area contributed by atoms with E-state index in [1.54, 1.807) is 0 Å². The minimum absolute atomic E-state index is 0.558. The van der Waals surface area contributed by atoms with Crippen LogP contribution in [0.2, 0.25) is 0 Å². The van der Waals surface area contributed by atoms with Gasteiger partial charge in [-0.15, -0.1) is 0 Å². The first-order valence-corrected chi connectivity index (χ1v) is 20.5. The van der Waals surface area contributed by atoms with Gasteiger partial charge in [0.15, 0.2) is 17.5 Å². The molecule has 13 rings (SSSR count). The average molecular weight is 780 g/mol. The highest BCUT2D eigenvalue weighted by atomic mass is 16.3. The molecule has 9 aromatic carbocycles. The predicted molar refractivity (Wildman–Crippen MR) is 250 cm³/mol. The summed E-state index contributed by atoms with van der Waals surface area (Å²) in [4.78, 5) is 16.4. The van der Waals surface area contributed by atoms with Gasteiger partial charge in [-0.25, -0.2) is 15.0 Å². The summed E-state index contributed by atoms with van der Waals surface area (Å²) in [6, 6.07) is 70.2. The Hall–Kier alpha value is -8.35. The Balaban J connectivity index is 1.18. The van der Waals surface area contributed by atoms with Gasteiger partial charge in [0.2, 0.25) is 0 Å². The van der Waals surface area contributed by atoms with Gasteiger partial charge in [0.05, 0.1) is 33.3 Å². The first-order chi connectivity index (χ1) is 30.3. The van der Waals surface area contributed by atoms with Crippen molar-refractivity contribution in [1.82, 2.24) is 24.1 Å². The molecule has 4 aromatic heterocycles. The summed E-state index contributed by atoms with van der Waals surface area (Å²) in [7, 11) is 0. The molecule has 13 aromatic rings. The zero-order chi connectivity index (χ0) is 40.0. The van der Waals surface area contributed by atoms with Crippen LogP contribution in [0.1, 0.15) is 0 Å². The van der Waals surface area contributed by atoms with Crippen molar-refractivity contribution in [3.63, 3.8) is 0 Å². The Morgan fingerprint density at radius 2 is 0.984 bits per heavy atom. The fourth-order valence-electron chi connectivity index (χ4n) is 9.50. The summed E-state index contributed by atoms with van der Waals surface area (Å²) in [5, 5.41) is 8.96. The van der Waals surface area contributed by atoms with Crippen LogP contribution in [-0.4, -0.2) is 24.1 Å². The van der Waals surface area contributed by atoms with E-state index in [9.17, 15) is 0 Å². The van der Waals surface area contributed by atoms with Crippen LogP contribution in [0, 0.1) is 0 Å². The number of benzene rings is 9. The van der Waals surface area contributed by atoms with E-state index in [1.165, 1.54) is 21.5 Å². The van der Waals surface area contributed by atoms with E-state index in [1.807, 2.05) is 30.3 Å². The Morgan fingerprint density at radius 1 is 0.377 bits per heavy atom. The predicted octanol–water partition coefficient (Wildman–Crippen LogP) is 14.1. The van der Waals surface area contributed by atoms with Gasteiger partial charge in [-0.05, 0) is 71.4 Å². The number of nitrogens with zero attached hydrogens (tertiary/aromatic N) is 5. The quantitative estimate of drug-likeness (QED) is 0.175. The smallest absolute Gasteiger partial charge is 0.166 e. The molecule has 0 saturated heterocycles. The van der Waals surface area contributed by atoms with Gasteiger partial charge in [0.1, 0.15) is 11.2 Å². The van der Waals surface area contributed by atoms with E-state index >= 15 is 0 Å². The lowest BCUT2D eigenvalue weighted by Gasteiger charge is -2.16. The summed E-state index contributed by atoms with van der Waals surface area (Å²) in [5.41, 5.74) is 10.6. The van der Waals surface area contributed by atoms with Crippen molar-refractivity contribution < 1.29 is 4.42 Å². The van der Waals surface area contributed by atoms with E-state index in [0.717, 1.165) is 82.8 Å². The van der Waals surface area contributed by atoms with Gasteiger partial charge in [0.25, 0.3) is 0 Å². The molecule has 0 fully saturated rings. The zero-order valence-corrected chi connectivity index (χ0v) is 32.7. The van der Waals surface area contributed by atoms with Gasteiger partial charge < -0.3 is 13.6 Å². The van der Waals surface area contributed by atoms with E-state index in [2.05, 4.69) is 179 Å². The molecule has 0 N–H and O–H groups in total. The van der Waals surface area contributed by atoms with Gasteiger partial charge >= 0.3 is 0 Å². The Kier molecular flexibility index (Phi) is 7.21. The van der Waals surface area contributed by atoms with Crippen LogP contribution >= 0.6 is 0 Å². The Morgan fingerprint density at radius 3 is 1.79 bits per heavy atom. The number of fused-ring (bicyclic) bond motifs is 10. The molecule has 0 bridgehead atoms. The minimum atomic E-state index is 0.558. The van der Waals surface area contributed by atoms with Crippen LogP contribution < -0.4 is 0 Å². The van der Waals surface area contributed by atoms with Crippen molar-refractivity contribution >= 4 is 76.3 Å². The average Bonchev–Trinajstić information content (AvgIpc) is 3.98. The molecule has 61 heavy (non-hydrogen) atoms. The Bertz CT molecular complexity index is 3880. The van der Waals surface area contributed by atoms with Crippen LogP contribution in [0.3, 0.4) is 0 Å². The largest absolute Gasteiger partial charge is 0.456 e. The number of para-hydroxylation sites is 5. The van der Waals surface area contributed by atoms with Crippen LogP contribution in [0.4, 0.5) is 0 Å². The lowest BCUT2D eigenvalue weighted by atomic mass is 10.0. The summed E-state index contributed by atoms with van der Waals surface area (Å²) in [6.45, 7) is 0. The Labute approximate surface area is 349 Å². The summed E-state index contributed by atoms with van der Waals surface area (Å²) in [6.07, 6.45) is 0. The molecule has 0 spiro atoms. The number of hydrogen-bond donors (Lipinski definition) is 0. The van der Waals surface area contributed by atoms with Crippen molar-refractivity contribution in [2.45, 2.75) is 0 Å². The van der Waals surface area contributed by atoms with E-state index in [0.29, 0.717) is 17.5 Å². The van der Waals surface area contributed by atoms with Gasteiger partial charge in [-0.3, -0.25) is 0 Å². The second-order valence-electron chi connectivity index (χ2n) is 15.6. The molecule has 0 aliphatic heterocycles. The second kappa shape index (κ2) is 13.1. The molecule has 0 unspecified atom stereocenters. The third-order valence-corrected chi connectivity index (χ3v) is 12.1. The standard InChI is InChI=1S/C55H33N5O/c1-3-16-34(17-4-1)53-56-54(42-26-15-25-40-38-22-9-12-27-44(38)59(52(40)42)37-20-5-2-6-21-37)58-55(57-53)51-46(30-31-49-50(51)41-24-11-14-29-48(41)61-49)60-45-28-13-10-23-39(45)43-32-35-18-7-8-19-36(35)33-47(43)60/h1-33H. The van der Waals surface area contributed by atoms with Crippen LogP contribution in [0.5, 0.6) is 0 Å². The monoisotopic (exact) mass is 779 g/mol. The molecular formula is C55H33N5O. The van der Waals surface area contributed by atoms with Crippen molar-refractivity contribution in [2.24, 2.45) is 0 Å². The first kappa shape index (κ1) is 33.6. The molecule has 0 saturated carbocycles. The molecule has 0 aliphatic rings. The molecule has 4 heterocycles. The normalized spacial score (nSPS) is 11.9. The van der Waals surface area contributed by atoms with Crippen LogP contribution in [-0.2, 0) is 0 Å². The highest BCUT2D eigenvalue weighted by Crippen LogP contribution is 2.44. The molecule has 0 aliphatic carbocycles. The molecule has 0 radical (unpaired) electrons.